The highest BCUT2D eigenvalue weighted by Crippen LogP contribution is 2.47. The molecule has 0 aromatic carbocycles. The zero-order chi connectivity index (χ0) is 11.6. The summed E-state index contributed by atoms with van der Waals surface area (Å²) in [4.78, 5) is 11.8. The van der Waals surface area contributed by atoms with Crippen LogP contribution in [0.1, 0.15) is 18.5 Å². The van der Waals surface area contributed by atoms with E-state index in [1.807, 2.05) is 0 Å². The Morgan fingerprint density at radius 2 is 2.31 bits per heavy atom. The number of ether oxygens (including phenoxy) is 1. The molecule has 1 N–H and O–H groups in total. The van der Waals surface area contributed by atoms with Gasteiger partial charge in [0.05, 0.1) is 26.1 Å². The van der Waals surface area contributed by atoms with Gasteiger partial charge in [0.25, 0.3) is 0 Å². The van der Waals surface area contributed by atoms with Crippen molar-refractivity contribution in [1.82, 2.24) is 15.5 Å². The van der Waals surface area contributed by atoms with E-state index in [4.69, 9.17) is 12.6 Å². The minimum Gasteiger partial charge on any atom is -0.480 e. The van der Waals surface area contributed by atoms with Crippen LogP contribution in [0.2, 0.25) is 0 Å². The lowest BCUT2D eigenvalue weighted by Crippen LogP contribution is -2.36. The zero-order valence-electron chi connectivity index (χ0n) is 9.06. The molecule has 1 fully saturated rings. The van der Waals surface area contributed by atoms with Gasteiger partial charge < -0.3 is 10.1 Å². The highest BCUT2D eigenvalue weighted by Gasteiger charge is 2.52. The average Bonchev–Trinajstić information content (AvgIpc) is 3.11. The van der Waals surface area contributed by atoms with Crippen LogP contribution in [-0.2, 0) is 10.2 Å². The molecule has 0 saturated heterocycles. The summed E-state index contributed by atoms with van der Waals surface area (Å²) in [7, 11) is 6.82. The maximum Gasteiger partial charge on any atom is 0.233 e. The number of aromatic nitrogens is 2. The lowest BCUT2D eigenvalue weighted by Gasteiger charge is -2.13. The molecule has 5 nitrogen and oxygen atoms in total. The normalized spacial score (nSPS) is 16.6. The minimum atomic E-state index is -0.515. The van der Waals surface area contributed by atoms with E-state index in [0.717, 1.165) is 12.8 Å². The van der Waals surface area contributed by atoms with E-state index < -0.39 is 5.41 Å². The molecule has 1 aliphatic carbocycles. The van der Waals surface area contributed by atoms with Crippen molar-refractivity contribution in [2.75, 3.05) is 13.6 Å². The fourth-order valence-corrected chi connectivity index (χ4v) is 1.67. The molecule has 1 aromatic rings. The van der Waals surface area contributed by atoms with Gasteiger partial charge in [0, 0.05) is 6.07 Å². The predicted octanol–water partition coefficient (Wildman–Crippen LogP) is -0.241. The van der Waals surface area contributed by atoms with E-state index in [9.17, 15) is 4.79 Å². The smallest absolute Gasteiger partial charge is 0.233 e. The number of methoxy groups -OCH3 is 1. The molecule has 6 heteroatoms. The summed E-state index contributed by atoms with van der Waals surface area (Å²) in [6, 6.07) is 3.48. The molecule has 0 atom stereocenters. The zero-order valence-corrected chi connectivity index (χ0v) is 9.06. The number of carbonyl (C=O) groups excluding carboxylic acids is 1. The van der Waals surface area contributed by atoms with Gasteiger partial charge in [-0.25, -0.2) is 0 Å². The second-order valence-corrected chi connectivity index (χ2v) is 3.75. The number of nitrogens with zero attached hydrogens (tertiary/aromatic N) is 2. The number of rotatable bonds is 4. The average molecular weight is 217 g/mol. The molecular weight excluding hydrogens is 205 g/mol. The van der Waals surface area contributed by atoms with Crippen molar-refractivity contribution in [3.05, 3.63) is 17.8 Å². The lowest BCUT2D eigenvalue weighted by atomic mass is 10.00. The predicted molar refractivity (Wildman–Crippen MR) is 58.3 cm³/mol. The summed E-state index contributed by atoms with van der Waals surface area (Å²) in [6.07, 6.45) is 1.73. The van der Waals surface area contributed by atoms with Crippen molar-refractivity contribution >= 4 is 13.8 Å². The Labute approximate surface area is 95.0 Å². The van der Waals surface area contributed by atoms with Crippen LogP contribution < -0.4 is 10.1 Å². The third kappa shape index (κ3) is 1.75. The Balaban J connectivity index is 2.19. The number of amides is 1. The van der Waals surface area contributed by atoms with Crippen LogP contribution in [0, 0.1) is 0 Å². The van der Waals surface area contributed by atoms with Crippen molar-refractivity contribution in [1.29, 1.82) is 0 Å². The minimum absolute atomic E-state index is 0.0746. The molecule has 0 unspecified atom stereocenters. The first kappa shape index (κ1) is 10.9. The molecule has 0 bridgehead atoms. The van der Waals surface area contributed by atoms with Gasteiger partial charge in [-0.15, -0.1) is 5.10 Å². The Morgan fingerprint density at radius 3 is 2.75 bits per heavy atom. The molecule has 0 aliphatic heterocycles. The van der Waals surface area contributed by atoms with Crippen LogP contribution in [0.25, 0.3) is 0 Å². The fourth-order valence-electron chi connectivity index (χ4n) is 1.67. The monoisotopic (exact) mass is 217 g/mol. The number of hydrogen-bond donors (Lipinski definition) is 1. The van der Waals surface area contributed by atoms with E-state index in [2.05, 4.69) is 15.5 Å². The SMILES string of the molecule is [B]CNC(=O)C1(c2ccc(OC)nn2)CC1. The first-order valence-electron chi connectivity index (χ1n) is 5.09. The van der Waals surface area contributed by atoms with E-state index in [1.165, 1.54) is 7.11 Å². The van der Waals surface area contributed by atoms with Gasteiger partial charge in [0.2, 0.25) is 11.8 Å². The fraction of sp³-hybridized carbons (Fsp3) is 0.500. The molecular formula is C10H12BN3O2. The van der Waals surface area contributed by atoms with Gasteiger partial charge in [-0.05, 0) is 25.4 Å². The Bertz CT molecular complexity index is 390. The number of nitrogens with one attached hydrogen (secondary N) is 1. The van der Waals surface area contributed by atoms with E-state index >= 15 is 0 Å². The third-order valence-electron chi connectivity index (χ3n) is 2.79. The van der Waals surface area contributed by atoms with Gasteiger partial charge >= 0.3 is 0 Å². The first-order valence-corrected chi connectivity index (χ1v) is 5.09. The van der Waals surface area contributed by atoms with Crippen LogP contribution >= 0.6 is 0 Å². The van der Waals surface area contributed by atoms with Crippen LogP contribution in [-0.4, -0.2) is 37.5 Å². The Hall–Kier alpha value is -1.59. The second kappa shape index (κ2) is 4.12. The van der Waals surface area contributed by atoms with E-state index in [0.29, 0.717) is 11.6 Å². The summed E-state index contributed by atoms with van der Waals surface area (Å²) in [5, 5.41) is 10.5. The van der Waals surface area contributed by atoms with E-state index in [1.54, 1.807) is 12.1 Å². The standard InChI is InChI=1S/C10H12BN3O2/c1-16-8-3-2-7(13-14-8)10(4-5-10)9(15)12-6-11/h2-3H,4-6H2,1H3,(H,12,15). The van der Waals surface area contributed by atoms with Crippen molar-refractivity contribution in [3.63, 3.8) is 0 Å². The van der Waals surface area contributed by atoms with Gasteiger partial charge in [-0.3, -0.25) is 4.79 Å². The highest BCUT2D eigenvalue weighted by molar-refractivity contribution is 6.10. The van der Waals surface area contributed by atoms with Crippen LogP contribution in [0.5, 0.6) is 5.88 Å². The molecule has 1 saturated carbocycles. The quantitative estimate of drug-likeness (QED) is 0.707. The molecule has 1 amide bonds. The first-order chi connectivity index (χ1) is 7.73. The van der Waals surface area contributed by atoms with Crippen LogP contribution in [0.15, 0.2) is 12.1 Å². The molecule has 1 aliphatic rings. The molecule has 82 valence electrons. The largest absolute Gasteiger partial charge is 0.480 e. The second-order valence-electron chi connectivity index (χ2n) is 3.75. The van der Waals surface area contributed by atoms with Gasteiger partial charge in [0.15, 0.2) is 0 Å². The van der Waals surface area contributed by atoms with Crippen LogP contribution in [0.3, 0.4) is 0 Å². The molecule has 1 heterocycles. The van der Waals surface area contributed by atoms with E-state index in [-0.39, 0.29) is 12.4 Å². The van der Waals surface area contributed by atoms with Crippen molar-refractivity contribution in [2.45, 2.75) is 18.3 Å². The molecule has 0 spiro atoms. The summed E-state index contributed by atoms with van der Waals surface area (Å²) < 4.78 is 4.92. The third-order valence-corrected chi connectivity index (χ3v) is 2.79. The van der Waals surface area contributed by atoms with Gasteiger partial charge in [-0.2, -0.15) is 5.10 Å². The number of carbonyl (C=O) groups is 1. The molecule has 2 rings (SSSR count). The summed E-state index contributed by atoms with van der Waals surface area (Å²) in [6.45, 7) is 0. The summed E-state index contributed by atoms with van der Waals surface area (Å²) >= 11 is 0. The van der Waals surface area contributed by atoms with Crippen molar-refractivity contribution in [2.24, 2.45) is 0 Å². The maximum absolute atomic E-state index is 11.8. The molecule has 16 heavy (non-hydrogen) atoms. The lowest BCUT2D eigenvalue weighted by molar-refractivity contribution is -0.123. The molecule has 2 radical (unpaired) electrons. The highest BCUT2D eigenvalue weighted by atomic mass is 16.5. The Morgan fingerprint density at radius 1 is 1.56 bits per heavy atom. The van der Waals surface area contributed by atoms with Crippen molar-refractivity contribution in [3.8, 4) is 5.88 Å². The van der Waals surface area contributed by atoms with Gasteiger partial charge in [-0.1, -0.05) is 0 Å². The molecule has 1 aromatic heterocycles. The topological polar surface area (TPSA) is 64.1 Å². The number of hydrogen-bond acceptors (Lipinski definition) is 4. The maximum atomic E-state index is 11.8. The summed E-state index contributed by atoms with van der Waals surface area (Å²) in [5.74, 6) is 0.369. The van der Waals surface area contributed by atoms with Gasteiger partial charge in [0.1, 0.15) is 0 Å². The van der Waals surface area contributed by atoms with Crippen LogP contribution in [0.4, 0.5) is 0 Å². The summed E-state index contributed by atoms with van der Waals surface area (Å²) in [5.41, 5.74) is 0.165. The Kier molecular flexibility index (Phi) is 2.81. The van der Waals surface area contributed by atoms with Crippen molar-refractivity contribution < 1.29 is 9.53 Å².